The van der Waals surface area contributed by atoms with Crippen LogP contribution in [-0.2, 0) is 67.2 Å². The SMILES string of the molecule is CC(C)[C@H](NC(=O)[C@H](CCCCN)NC(=O)[C@@H](Cc1c[nH]c2ccccc12)NC(=O)[C@H](Cc1ccc(O)cc1)NC(=O)[C@@H](N)Cc1ccccc1)C(=O)NCC(=O)NCC(=O)NCC(=O)N[C@@H](CS)C(=O)N[C@@H](CCCN=C(N)N)C(=O)O. The lowest BCUT2D eigenvalue weighted by molar-refractivity contribution is -0.142. The number of benzene rings is 3. The van der Waals surface area contributed by atoms with Crippen LogP contribution < -0.4 is 70.8 Å². The van der Waals surface area contributed by atoms with Crippen molar-refractivity contribution in [3.63, 3.8) is 0 Å². The molecule has 28 heteroatoms. The summed E-state index contributed by atoms with van der Waals surface area (Å²) < 4.78 is 0. The first-order valence-electron chi connectivity index (χ1n) is 26.9. The number of nitrogens with zero attached hydrogens (tertiary/aromatic N) is 1. The highest BCUT2D eigenvalue weighted by Crippen LogP contribution is 2.20. The predicted molar refractivity (Wildman–Crippen MR) is 312 cm³/mol. The Kier molecular flexibility index (Phi) is 27.8. The Bertz CT molecular complexity index is 2870. The summed E-state index contributed by atoms with van der Waals surface area (Å²) in [6.45, 7) is 1.75. The fourth-order valence-corrected chi connectivity index (χ4v) is 8.63. The molecule has 0 unspecified atom stereocenters. The summed E-state index contributed by atoms with van der Waals surface area (Å²) >= 11 is 4.06. The summed E-state index contributed by atoms with van der Waals surface area (Å²) in [5.41, 5.74) is 25.4. The molecule has 4 rings (SSSR count). The van der Waals surface area contributed by atoms with E-state index in [0.29, 0.717) is 24.0 Å². The summed E-state index contributed by atoms with van der Waals surface area (Å²) in [5, 5.41) is 42.9. The van der Waals surface area contributed by atoms with Gasteiger partial charge in [-0.2, -0.15) is 12.6 Å². The Labute approximate surface area is 485 Å². The summed E-state index contributed by atoms with van der Waals surface area (Å²) in [6, 6.07) is 13.6. The van der Waals surface area contributed by atoms with Gasteiger partial charge in [0.15, 0.2) is 5.96 Å². The van der Waals surface area contributed by atoms with Gasteiger partial charge in [0.1, 0.15) is 42.0 Å². The maximum Gasteiger partial charge on any atom is 0.326 e. The molecule has 0 aliphatic rings. The first kappa shape index (κ1) is 66.7. The van der Waals surface area contributed by atoms with Crippen LogP contribution in [0.5, 0.6) is 5.75 Å². The van der Waals surface area contributed by atoms with E-state index in [9.17, 15) is 58.2 Å². The van der Waals surface area contributed by atoms with Gasteiger partial charge in [-0.1, -0.05) is 74.5 Å². The number of nitrogens with one attached hydrogen (secondary N) is 10. The number of phenolic OH excluding ortho intramolecular Hbond substituents is 1. The third-order valence-electron chi connectivity index (χ3n) is 12.9. The molecule has 7 atom stereocenters. The average Bonchev–Trinajstić information content (AvgIpc) is 4.15. The number of aliphatic carboxylic acids is 1. The van der Waals surface area contributed by atoms with Gasteiger partial charge in [-0.15, -0.1) is 0 Å². The monoisotopic (exact) mass is 1170 g/mol. The number of thiol groups is 1. The van der Waals surface area contributed by atoms with Gasteiger partial charge in [-0.3, -0.25) is 48.1 Å². The number of carboxylic acid groups (broad SMARTS) is 1. The number of carbonyl (C=O) groups excluding carboxylic acids is 9. The van der Waals surface area contributed by atoms with Crippen LogP contribution in [0.4, 0.5) is 0 Å². The van der Waals surface area contributed by atoms with E-state index in [4.69, 9.17) is 22.9 Å². The molecule has 4 aromatic rings. The Morgan fingerprint density at radius 2 is 1.12 bits per heavy atom. The quantitative estimate of drug-likeness (QED) is 0.00968. The number of H-pyrrole nitrogens is 1. The Hall–Kier alpha value is -8.76. The van der Waals surface area contributed by atoms with Crippen LogP contribution in [0.2, 0.25) is 0 Å². The second kappa shape index (κ2) is 34.5. The fourth-order valence-electron chi connectivity index (χ4n) is 8.37. The molecule has 450 valence electrons. The number of hydrogen-bond acceptors (Lipinski definition) is 15. The van der Waals surface area contributed by atoms with Crippen LogP contribution in [0.25, 0.3) is 10.9 Å². The van der Waals surface area contributed by atoms with Crippen LogP contribution in [-0.4, -0.2) is 161 Å². The van der Waals surface area contributed by atoms with E-state index < -0.39 is 127 Å². The number of carboxylic acids is 1. The van der Waals surface area contributed by atoms with Crippen molar-refractivity contribution in [2.45, 2.75) is 108 Å². The van der Waals surface area contributed by atoms with Crippen molar-refractivity contribution in [2.75, 3.05) is 38.5 Å². The Morgan fingerprint density at radius 3 is 1.75 bits per heavy atom. The smallest absolute Gasteiger partial charge is 0.326 e. The zero-order chi connectivity index (χ0) is 61.0. The minimum absolute atomic E-state index is 0.0187. The largest absolute Gasteiger partial charge is 0.508 e. The number of nitrogens with two attached hydrogens (primary N) is 4. The summed E-state index contributed by atoms with van der Waals surface area (Å²) in [5.74, 6) is -9.35. The second-order valence-electron chi connectivity index (χ2n) is 19.9. The first-order chi connectivity index (χ1) is 39.6. The van der Waals surface area contributed by atoms with Crippen LogP contribution in [0.1, 0.15) is 62.6 Å². The maximum absolute atomic E-state index is 14.6. The number of guanidine groups is 1. The number of aromatic nitrogens is 1. The molecule has 0 aliphatic heterocycles. The minimum Gasteiger partial charge on any atom is -0.508 e. The molecule has 83 heavy (non-hydrogen) atoms. The lowest BCUT2D eigenvalue weighted by Crippen LogP contribution is -2.60. The molecular weight excluding hydrogens is 1090 g/mol. The Morgan fingerprint density at radius 1 is 0.578 bits per heavy atom. The number of fused-ring (bicyclic) bond motifs is 1. The zero-order valence-corrected chi connectivity index (χ0v) is 47.2. The van der Waals surface area contributed by atoms with E-state index in [-0.39, 0.29) is 69.1 Å². The molecule has 3 aromatic carbocycles. The van der Waals surface area contributed by atoms with Crippen LogP contribution >= 0.6 is 12.6 Å². The molecule has 0 saturated carbocycles. The third-order valence-corrected chi connectivity index (χ3v) is 13.3. The highest BCUT2D eigenvalue weighted by atomic mass is 32.1. The lowest BCUT2D eigenvalue weighted by Gasteiger charge is -2.28. The second-order valence-corrected chi connectivity index (χ2v) is 20.2. The molecule has 1 heterocycles. The number of hydrogen-bond donors (Lipinski definition) is 17. The van der Waals surface area contributed by atoms with E-state index >= 15 is 0 Å². The van der Waals surface area contributed by atoms with Crippen molar-refractivity contribution in [3.8, 4) is 5.75 Å². The van der Waals surface area contributed by atoms with Crippen molar-refractivity contribution in [1.82, 2.24) is 52.8 Å². The van der Waals surface area contributed by atoms with Crippen molar-refractivity contribution < 1.29 is 58.2 Å². The highest BCUT2D eigenvalue weighted by Gasteiger charge is 2.34. The average molecular weight is 1170 g/mol. The van der Waals surface area contributed by atoms with Gasteiger partial charge >= 0.3 is 5.97 Å². The van der Waals surface area contributed by atoms with Gasteiger partial charge < -0.3 is 86.0 Å². The molecule has 0 saturated heterocycles. The predicted octanol–water partition coefficient (Wildman–Crippen LogP) is -2.66. The van der Waals surface area contributed by atoms with E-state index in [2.05, 4.69) is 70.5 Å². The van der Waals surface area contributed by atoms with Crippen LogP contribution in [0.3, 0.4) is 0 Å². The number of aromatic hydroxyl groups is 1. The number of rotatable bonds is 35. The van der Waals surface area contributed by atoms with Gasteiger partial charge in [-0.25, -0.2) is 4.79 Å². The zero-order valence-electron chi connectivity index (χ0n) is 46.3. The van der Waals surface area contributed by atoms with Gasteiger partial charge in [0.25, 0.3) is 0 Å². The van der Waals surface area contributed by atoms with Crippen LogP contribution in [0, 0.1) is 5.92 Å². The fraction of sp³-hybridized carbons (Fsp3) is 0.436. The van der Waals surface area contributed by atoms with Gasteiger partial charge in [0.2, 0.25) is 53.2 Å². The number of phenols is 1. The first-order valence-corrected chi connectivity index (χ1v) is 27.6. The number of carbonyl (C=O) groups is 10. The molecule has 0 bridgehead atoms. The summed E-state index contributed by atoms with van der Waals surface area (Å²) in [7, 11) is 0. The molecule has 27 nitrogen and oxygen atoms in total. The Balaban J connectivity index is 1.40. The van der Waals surface area contributed by atoms with Crippen molar-refractivity contribution in [1.29, 1.82) is 0 Å². The number of aliphatic imine (C=N–C) groups is 1. The summed E-state index contributed by atoms with van der Waals surface area (Å²) in [4.78, 5) is 140. The number of unbranched alkanes of at least 4 members (excludes halogenated alkanes) is 1. The lowest BCUT2D eigenvalue weighted by atomic mass is 10.00. The third kappa shape index (κ3) is 23.3. The number of amides is 9. The maximum atomic E-state index is 14.6. The van der Waals surface area contributed by atoms with Crippen molar-refractivity contribution in [2.24, 2.45) is 33.8 Å². The molecule has 1 aromatic heterocycles. The van der Waals surface area contributed by atoms with E-state index in [1.165, 1.54) is 12.1 Å². The molecule has 0 radical (unpaired) electrons. The normalized spacial score (nSPS) is 13.5. The number of para-hydroxylation sites is 1. The van der Waals surface area contributed by atoms with Gasteiger partial charge in [0.05, 0.1) is 25.7 Å². The standard InChI is InChI=1S/C55H77N15O12S/c1-31(2)47(53(80)64-28-45(73)62-27-44(72)63-29-46(74)65-43(30-83)52(79)67-40(54(81)82)16-10-22-60-55(58)59)70-49(76)39(15-8-9-21-56)66-51(78)42(25-34-26-61-38-14-7-6-13-36(34)38)69-50(77)41(24-33-17-19-35(71)20-18-33)68-48(75)37(57)23-32-11-4-3-5-12-32/h3-7,11-14,17-20,26,31,37,39-43,47,61,71,83H,8-10,15-16,21-25,27-30,56-57H2,1-2H3,(H,62,73)(H,63,72)(H,64,80)(H,65,74)(H,66,78)(H,67,79)(H,68,75)(H,69,77)(H,70,76)(H,81,82)(H4,58,59,60)/t37-,39-,40-,41-,42+,43-,47-/m0/s1. The van der Waals surface area contributed by atoms with Crippen molar-refractivity contribution in [3.05, 3.63) is 102 Å². The molecule has 9 amide bonds. The van der Waals surface area contributed by atoms with E-state index in [1.54, 1.807) is 32.2 Å². The minimum atomic E-state index is -1.35. The highest BCUT2D eigenvalue weighted by molar-refractivity contribution is 7.80. The van der Waals surface area contributed by atoms with E-state index in [1.807, 2.05) is 54.6 Å². The van der Waals surface area contributed by atoms with Gasteiger partial charge in [-0.05, 0) is 85.9 Å². The summed E-state index contributed by atoms with van der Waals surface area (Å²) in [6.07, 6.45) is 2.81. The molecule has 20 N–H and O–H groups in total. The molecule has 0 fully saturated rings. The van der Waals surface area contributed by atoms with Crippen LogP contribution in [0.15, 0.2) is 90.1 Å². The molecule has 0 spiro atoms. The molecular formula is C55H77N15O12S. The number of aromatic amines is 1. The topological polar surface area (TPSA) is 452 Å². The molecule has 0 aliphatic carbocycles. The van der Waals surface area contributed by atoms with Gasteiger partial charge in [0, 0.05) is 42.2 Å². The van der Waals surface area contributed by atoms with Crippen molar-refractivity contribution >= 4 is 88.6 Å². The van der Waals surface area contributed by atoms with E-state index in [0.717, 1.165) is 16.5 Å².